The van der Waals surface area contributed by atoms with Crippen LogP contribution in [0.25, 0.3) is 22.4 Å². The molecule has 0 aliphatic heterocycles. The number of hydrogen-bond donors (Lipinski definition) is 2. The topological polar surface area (TPSA) is 66.0 Å². The lowest BCUT2D eigenvalue weighted by Crippen LogP contribution is -2.15. The lowest BCUT2D eigenvalue weighted by Gasteiger charge is -2.16. The van der Waals surface area contributed by atoms with Crippen LogP contribution in [0.1, 0.15) is 31.9 Å². The van der Waals surface area contributed by atoms with E-state index in [1.165, 1.54) is 0 Å². The molecule has 0 amide bonds. The molecule has 1 aromatic heterocycles. The molecule has 1 heterocycles. The van der Waals surface area contributed by atoms with E-state index in [9.17, 15) is 9.90 Å². The van der Waals surface area contributed by atoms with Gasteiger partial charge in [-0.15, -0.1) is 0 Å². The van der Waals surface area contributed by atoms with Crippen LogP contribution in [0.2, 0.25) is 0 Å². The Morgan fingerprint density at radius 1 is 1.00 bits per heavy atom. The number of nitrogens with one attached hydrogen (secondary N) is 1. The zero-order valence-electron chi connectivity index (χ0n) is 14.4. The van der Waals surface area contributed by atoms with Crippen LogP contribution in [-0.4, -0.2) is 21.3 Å². The van der Waals surface area contributed by atoms with Gasteiger partial charge in [0.1, 0.15) is 5.69 Å². The van der Waals surface area contributed by atoms with E-state index in [1.54, 1.807) is 0 Å². The van der Waals surface area contributed by atoms with Gasteiger partial charge >= 0.3 is 5.97 Å². The molecular formula is C21H22N2O2. The van der Waals surface area contributed by atoms with Gasteiger partial charge in [0.25, 0.3) is 0 Å². The maximum atomic E-state index is 11.9. The van der Waals surface area contributed by atoms with Crippen molar-refractivity contribution in [3.63, 3.8) is 0 Å². The Balaban J connectivity index is 2.19. The fourth-order valence-electron chi connectivity index (χ4n) is 3.12. The molecular weight excluding hydrogens is 312 g/mol. The minimum Gasteiger partial charge on any atom is -0.481 e. The largest absolute Gasteiger partial charge is 0.481 e. The molecule has 0 fully saturated rings. The van der Waals surface area contributed by atoms with Gasteiger partial charge in [0.15, 0.2) is 0 Å². The van der Waals surface area contributed by atoms with Gasteiger partial charge in [-0.05, 0) is 17.9 Å². The number of hydrogen-bond acceptors (Lipinski definition) is 2. The van der Waals surface area contributed by atoms with E-state index in [1.807, 2.05) is 74.5 Å². The minimum absolute atomic E-state index is 0.271. The highest BCUT2D eigenvalue weighted by atomic mass is 16.4. The summed E-state index contributed by atoms with van der Waals surface area (Å²) in [5, 5.41) is 17.3. The molecule has 4 heteroatoms. The number of carboxylic acid groups (broad SMARTS) is 1. The fraction of sp³-hybridized carbons (Fsp3) is 0.238. The first-order valence-corrected chi connectivity index (χ1v) is 8.49. The highest BCUT2D eigenvalue weighted by Crippen LogP contribution is 2.38. The predicted octanol–water partition coefficient (Wildman–Crippen LogP) is 4.96. The summed E-state index contributed by atoms with van der Waals surface area (Å²) in [7, 11) is 0. The monoisotopic (exact) mass is 334 g/mol. The van der Waals surface area contributed by atoms with Crippen molar-refractivity contribution in [2.45, 2.75) is 26.2 Å². The van der Waals surface area contributed by atoms with Crippen LogP contribution >= 0.6 is 0 Å². The van der Waals surface area contributed by atoms with Gasteiger partial charge < -0.3 is 5.11 Å². The zero-order valence-corrected chi connectivity index (χ0v) is 14.4. The Morgan fingerprint density at radius 2 is 1.56 bits per heavy atom. The van der Waals surface area contributed by atoms with E-state index in [4.69, 9.17) is 0 Å². The SMILES string of the molecule is CC(C)CC(C(=O)O)c1[nH]nc(-c2ccccc2)c1-c1ccccc1. The normalized spacial score (nSPS) is 12.3. The lowest BCUT2D eigenvalue weighted by atomic mass is 9.88. The Morgan fingerprint density at radius 3 is 2.08 bits per heavy atom. The molecule has 0 aliphatic carbocycles. The summed E-state index contributed by atoms with van der Waals surface area (Å²) in [4.78, 5) is 11.9. The molecule has 2 aromatic carbocycles. The van der Waals surface area contributed by atoms with E-state index in [0.717, 1.165) is 22.4 Å². The number of benzene rings is 2. The summed E-state index contributed by atoms with van der Waals surface area (Å²) in [6.45, 7) is 4.07. The van der Waals surface area contributed by atoms with Crippen molar-refractivity contribution in [2.24, 2.45) is 5.92 Å². The summed E-state index contributed by atoms with van der Waals surface area (Å²) in [5.74, 6) is -1.16. The van der Waals surface area contributed by atoms with Gasteiger partial charge in [0.2, 0.25) is 0 Å². The second-order valence-corrected chi connectivity index (χ2v) is 6.61. The molecule has 3 rings (SSSR count). The molecule has 0 bridgehead atoms. The van der Waals surface area contributed by atoms with E-state index in [-0.39, 0.29) is 5.92 Å². The van der Waals surface area contributed by atoms with Crippen LogP contribution in [0.15, 0.2) is 60.7 Å². The molecule has 3 aromatic rings. The van der Waals surface area contributed by atoms with E-state index >= 15 is 0 Å². The highest BCUT2D eigenvalue weighted by Gasteiger charge is 2.28. The average molecular weight is 334 g/mol. The highest BCUT2D eigenvalue weighted by molar-refractivity contribution is 5.87. The lowest BCUT2D eigenvalue weighted by molar-refractivity contribution is -0.139. The van der Waals surface area contributed by atoms with Gasteiger partial charge in [-0.2, -0.15) is 5.10 Å². The molecule has 0 spiro atoms. The van der Waals surface area contributed by atoms with E-state index in [2.05, 4.69) is 10.2 Å². The minimum atomic E-state index is -0.825. The molecule has 128 valence electrons. The van der Waals surface area contributed by atoms with Crippen LogP contribution in [-0.2, 0) is 4.79 Å². The Hall–Kier alpha value is -2.88. The van der Waals surface area contributed by atoms with Crippen molar-refractivity contribution in [1.82, 2.24) is 10.2 Å². The quantitative estimate of drug-likeness (QED) is 0.669. The summed E-state index contributed by atoms with van der Waals surface area (Å²) >= 11 is 0. The van der Waals surface area contributed by atoms with Crippen LogP contribution in [0, 0.1) is 5.92 Å². The maximum absolute atomic E-state index is 11.9. The number of aromatic amines is 1. The number of carboxylic acids is 1. The molecule has 0 radical (unpaired) electrons. The van der Waals surface area contributed by atoms with Gasteiger partial charge in [0, 0.05) is 11.1 Å². The molecule has 1 unspecified atom stereocenters. The molecule has 25 heavy (non-hydrogen) atoms. The fourth-order valence-corrected chi connectivity index (χ4v) is 3.12. The Bertz CT molecular complexity index is 839. The first kappa shape index (κ1) is 17.0. The van der Waals surface area contributed by atoms with E-state index < -0.39 is 11.9 Å². The summed E-state index contributed by atoms with van der Waals surface area (Å²) in [5.41, 5.74) is 4.28. The zero-order chi connectivity index (χ0) is 17.8. The Kier molecular flexibility index (Phi) is 4.98. The number of aliphatic carboxylic acids is 1. The van der Waals surface area contributed by atoms with Crippen molar-refractivity contribution in [1.29, 1.82) is 0 Å². The molecule has 2 N–H and O–H groups in total. The van der Waals surface area contributed by atoms with Crippen molar-refractivity contribution in [3.05, 3.63) is 66.4 Å². The smallest absolute Gasteiger partial charge is 0.312 e. The molecule has 0 saturated heterocycles. The number of H-pyrrole nitrogens is 1. The average Bonchev–Trinajstić information content (AvgIpc) is 3.05. The Labute approximate surface area is 147 Å². The first-order chi connectivity index (χ1) is 12.1. The third-order valence-electron chi connectivity index (χ3n) is 4.26. The van der Waals surface area contributed by atoms with Crippen LogP contribution < -0.4 is 0 Å². The van der Waals surface area contributed by atoms with Crippen molar-refractivity contribution in [2.75, 3.05) is 0 Å². The molecule has 0 saturated carbocycles. The second-order valence-electron chi connectivity index (χ2n) is 6.61. The predicted molar refractivity (Wildman–Crippen MR) is 99.3 cm³/mol. The van der Waals surface area contributed by atoms with Gasteiger partial charge in [-0.3, -0.25) is 9.89 Å². The molecule has 4 nitrogen and oxygen atoms in total. The van der Waals surface area contributed by atoms with Crippen LogP contribution in [0.4, 0.5) is 0 Å². The number of aromatic nitrogens is 2. The number of rotatable bonds is 6. The first-order valence-electron chi connectivity index (χ1n) is 8.49. The second kappa shape index (κ2) is 7.34. The van der Waals surface area contributed by atoms with Crippen molar-refractivity contribution >= 4 is 5.97 Å². The maximum Gasteiger partial charge on any atom is 0.312 e. The van der Waals surface area contributed by atoms with Crippen molar-refractivity contribution < 1.29 is 9.90 Å². The van der Waals surface area contributed by atoms with Gasteiger partial charge in [0.05, 0.1) is 11.6 Å². The number of nitrogens with zero attached hydrogens (tertiary/aromatic N) is 1. The van der Waals surface area contributed by atoms with Gasteiger partial charge in [-0.1, -0.05) is 74.5 Å². The molecule has 0 aliphatic rings. The van der Waals surface area contributed by atoms with Crippen LogP contribution in [0.5, 0.6) is 0 Å². The summed E-state index contributed by atoms with van der Waals surface area (Å²) < 4.78 is 0. The van der Waals surface area contributed by atoms with Crippen molar-refractivity contribution in [3.8, 4) is 22.4 Å². The summed E-state index contributed by atoms with van der Waals surface area (Å²) in [6.07, 6.45) is 0.561. The van der Waals surface area contributed by atoms with Gasteiger partial charge in [-0.25, -0.2) is 0 Å². The third kappa shape index (κ3) is 3.63. The van der Waals surface area contributed by atoms with Crippen LogP contribution in [0.3, 0.4) is 0 Å². The molecule has 1 atom stereocenters. The number of carbonyl (C=O) groups is 1. The standard InChI is InChI=1S/C21H22N2O2/c1-14(2)13-17(21(24)25)20-18(15-9-5-3-6-10-15)19(22-23-20)16-11-7-4-8-12-16/h3-12,14,17H,13H2,1-2H3,(H,22,23)(H,24,25). The third-order valence-corrected chi connectivity index (χ3v) is 4.26. The summed E-state index contributed by atoms with van der Waals surface area (Å²) in [6, 6.07) is 19.7. The van der Waals surface area contributed by atoms with E-state index in [0.29, 0.717) is 12.1 Å².